The smallest absolute Gasteiger partial charge is 0.350 e. The summed E-state index contributed by atoms with van der Waals surface area (Å²) in [6, 6.07) is 6.34. The molecule has 11 heteroatoms. The molecule has 1 amide bonds. The average Bonchev–Trinajstić information content (AvgIpc) is 2.88. The van der Waals surface area contributed by atoms with Crippen LogP contribution in [0.15, 0.2) is 29.2 Å². The van der Waals surface area contributed by atoms with Crippen molar-refractivity contribution in [1.29, 1.82) is 5.41 Å². The molecule has 1 saturated heterocycles. The fraction of sp³-hybridized carbons (Fsp3) is 0.520. The zero-order valence-corrected chi connectivity index (χ0v) is 20.3. The number of hydrogen-bond donors (Lipinski definition) is 6. The van der Waals surface area contributed by atoms with Crippen molar-refractivity contribution in [2.75, 3.05) is 25.0 Å². The lowest BCUT2D eigenvalue weighted by atomic mass is 9.90. The topological polar surface area (TPSA) is 159 Å². The Morgan fingerprint density at radius 1 is 1.17 bits per heavy atom. The molecule has 1 aliphatic carbocycles. The summed E-state index contributed by atoms with van der Waals surface area (Å²) in [7, 11) is 0. The van der Waals surface area contributed by atoms with E-state index < -0.39 is 0 Å². The summed E-state index contributed by atoms with van der Waals surface area (Å²) in [5, 5.41) is 19.5. The normalized spacial score (nSPS) is 21.3. The van der Waals surface area contributed by atoms with Gasteiger partial charge in [-0.1, -0.05) is 6.07 Å². The Labute approximate surface area is 209 Å². The van der Waals surface area contributed by atoms with E-state index in [1.165, 1.54) is 5.56 Å². The van der Waals surface area contributed by atoms with Gasteiger partial charge >= 0.3 is 5.69 Å². The summed E-state index contributed by atoms with van der Waals surface area (Å²) in [5.41, 5.74) is 7.06. The molecular formula is C25H34N8O3. The molecule has 1 saturated carbocycles. The number of guanidine groups is 1. The number of carbonyl (C=O) groups is 1. The molecule has 0 unspecified atom stereocenters. The number of nitrogens with zero attached hydrogens (tertiary/aromatic N) is 2. The van der Waals surface area contributed by atoms with Crippen LogP contribution < -0.4 is 37.4 Å². The Bertz CT molecular complexity index is 1180. The molecule has 0 radical (unpaired) electrons. The maximum absolute atomic E-state index is 12.9. The second-order valence-corrected chi connectivity index (χ2v) is 9.81. The average molecular weight is 495 g/mol. The molecule has 11 nitrogen and oxygen atoms in total. The zero-order chi connectivity index (χ0) is 25.1. The third-order valence-electron chi connectivity index (χ3n) is 7.33. The van der Waals surface area contributed by atoms with Crippen LogP contribution in [-0.2, 0) is 4.79 Å². The van der Waals surface area contributed by atoms with E-state index in [2.05, 4.69) is 38.4 Å². The van der Waals surface area contributed by atoms with E-state index >= 15 is 0 Å². The van der Waals surface area contributed by atoms with Crippen molar-refractivity contribution in [3.05, 3.63) is 40.4 Å². The maximum atomic E-state index is 12.9. The van der Waals surface area contributed by atoms with Crippen molar-refractivity contribution in [3.8, 4) is 11.5 Å². The molecule has 3 aliphatic rings. The van der Waals surface area contributed by atoms with Gasteiger partial charge < -0.3 is 31.7 Å². The van der Waals surface area contributed by atoms with E-state index in [1.54, 1.807) is 10.8 Å². The summed E-state index contributed by atoms with van der Waals surface area (Å²) in [5.74, 6) is 2.05. The number of rotatable bonds is 6. The second-order valence-electron chi connectivity index (χ2n) is 9.81. The van der Waals surface area contributed by atoms with Crippen LogP contribution in [0.2, 0.25) is 0 Å². The lowest BCUT2D eigenvalue weighted by molar-refractivity contribution is -0.121. The van der Waals surface area contributed by atoms with Crippen LogP contribution in [0.25, 0.3) is 0 Å². The lowest BCUT2D eigenvalue weighted by Crippen LogP contribution is -2.41. The van der Waals surface area contributed by atoms with E-state index in [0.717, 1.165) is 63.1 Å². The standard InChI is InChI=1S/C25H34N8O3/c26-24(27)29-12-9-22(34)30-17-2-4-18(5-3-17)33-14-21-23(32-25(33)35)31-19-13-16(1-6-20(19)36-21)15-7-10-28-11-8-15/h1,6,13-15,17-18,28H,2-5,7-12H2,(H,30,34)(H4,26,27,29)(H,31,32,35). The van der Waals surface area contributed by atoms with Crippen LogP contribution in [0.1, 0.15) is 62.5 Å². The van der Waals surface area contributed by atoms with Crippen LogP contribution in [-0.4, -0.2) is 47.1 Å². The molecular weight excluding hydrogens is 460 g/mol. The highest BCUT2D eigenvalue weighted by atomic mass is 16.5. The van der Waals surface area contributed by atoms with E-state index in [-0.39, 0.29) is 36.1 Å². The largest absolute Gasteiger partial charge is 0.450 e. The lowest BCUT2D eigenvalue weighted by Gasteiger charge is -2.31. The SMILES string of the molecule is N=C(N)NCCC(=O)NC1CCC(n2cc3c(nc2=O)Nc2cc(C4CCNCC4)ccc2O3)CC1. The molecule has 2 fully saturated rings. The molecule has 192 valence electrons. The third-order valence-corrected chi connectivity index (χ3v) is 7.33. The number of anilines is 2. The zero-order valence-electron chi connectivity index (χ0n) is 20.3. The quantitative estimate of drug-likeness (QED) is 0.224. The van der Waals surface area contributed by atoms with Crippen molar-refractivity contribution in [3.63, 3.8) is 0 Å². The first-order valence-corrected chi connectivity index (χ1v) is 12.8. The summed E-state index contributed by atoms with van der Waals surface area (Å²) in [4.78, 5) is 29.3. The van der Waals surface area contributed by atoms with Gasteiger partial charge in [0.05, 0.1) is 11.9 Å². The minimum atomic E-state index is -0.300. The van der Waals surface area contributed by atoms with Gasteiger partial charge in [0.25, 0.3) is 0 Å². The van der Waals surface area contributed by atoms with Crippen molar-refractivity contribution in [2.45, 2.75) is 62.9 Å². The Balaban J connectivity index is 1.21. The van der Waals surface area contributed by atoms with Gasteiger partial charge in [-0.2, -0.15) is 4.98 Å². The number of amides is 1. The number of fused-ring (bicyclic) bond motifs is 2. The van der Waals surface area contributed by atoms with Crippen molar-refractivity contribution >= 4 is 23.4 Å². The summed E-state index contributed by atoms with van der Waals surface area (Å²) in [6.45, 7) is 2.40. The summed E-state index contributed by atoms with van der Waals surface area (Å²) in [6.07, 6.45) is 7.34. The fourth-order valence-corrected chi connectivity index (χ4v) is 5.38. The number of hydrogen-bond acceptors (Lipinski definition) is 7. The van der Waals surface area contributed by atoms with Gasteiger partial charge in [-0.05, 0) is 75.2 Å². The molecule has 5 rings (SSSR count). The van der Waals surface area contributed by atoms with Gasteiger partial charge in [0, 0.05) is 25.0 Å². The molecule has 0 spiro atoms. The fourth-order valence-electron chi connectivity index (χ4n) is 5.38. The molecule has 7 N–H and O–H groups in total. The second kappa shape index (κ2) is 10.6. The van der Waals surface area contributed by atoms with Crippen molar-refractivity contribution in [2.24, 2.45) is 5.73 Å². The summed E-state index contributed by atoms with van der Waals surface area (Å²) < 4.78 is 7.82. The molecule has 1 aromatic carbocycles. The van der Waals surface area contributed by atoms with Gasteiger partial charge in [-0.15, -0.1) is 0 Å². The first kappa shape index (κ1) is 24.1. The predicted molar refractivity (Wildman–Crippen MR) is 137 cm³/mol. The van der Waals surface area contributed by atoms with Gasteiger partial charge in [0.15, 0.2) is 23.3 Å². The Kier molecular flexibility index (Phi) is 7.08. The molecule has 2 aromatic rings. The van der Waals surface area contributed by atoms with E-state index in [4.69, 9.17) is 15.9 Å². The number of nitrogens with two attached hydrogens (primary N) is 1. The first-order valence-electron chi connectivity index (χ1n) is 12.8. The molecule has 2 aliphatic heterocycles. The number of piperidine rings is 1. The van der Waals surface area contributed by atoms with Crippen LogP contribution in [0.3, 0.4) is 0 Å². The highest BCUT2D eigenvalue weighted by Crippen LogP contribution is 2.42. The number of ether oxygens (including phenoxy) is 1. The molecule has 3 heterocycles. The van der Waals surface area contributed by atoms with Gasteiger partial charge in [0.2, 0.25) is 5.91 Å². The van der Waals surface area contributed by atoms with Gasteiger partial charge in [-0.3, -0.25) is 14.8 Å². The van der Waals surface area contributed by atoms with Gasteiger partial charge in [0.1, 0.15) is 0 Å². The molecule has 36 heavy (non-hydrogen) atoms. The number of nitrogens with one attached hydrogen (secondary N) is 5. The van der Waals surface area contributed by atoms with E-state index in [0.29, 0.717) is 24.0 Å². The van der Waals surface area contributed by atoms with Gasteiger partial charge in [-0.25, -0.2) is 4.79 Å². The predicted octanol–water partition coefficient (Wildman–Crippen LogP) is 2.03. The monoisotopic (exact) mass is 494 g/mol. The highest BCUT2D eigenvalue weighted by molar-refractivity contribution is 5.78. The molecule has 0 atom stereocenters. The van der Waals surface area contributed by atoms with Crippen LogP contribution in [0, 0.1) is 5.41 Å². The van der Waals surface area contributed by atoms with Crippen LogP contribution in [0.5, 0.6) is 11.5 Å². The minimum absolute atomic E-state index is 0.00937. The maximum Gasteiger partial charge on any atom is 0.350 e. The Hall–Kier alpha value is -3.60. The number of aromatic nitrogens is 2. The number of carbonyl (C=O) groups excluding carboxylic acids is 1. The summed E-state index contributed by atoms with van der Waals surface area (Å²) >= 11 is 0. The Morgan fingerprint density at radius 2 is 1.94 bits per heavy atom. The molecule has 0 bridgehead atoms. The minimum Gasteiger partial charge on any atom is -0.450 e. The highest BCUT2D eigenvalue weighted by Gasteiger charge is 2.27. The third kappa shape index (κ3) is 5.46. The number of benzene rings is 1. The first-order chi connectivity index (χ1) is 17.5. The Morgan fingerprint density at radius 3 is 2.69 bits per heavy atom. The van der Waals surface area contributed by atoms with Crippen LogP contribution >= 0.6 is 0 Å². The van der Waals surface area contributed by atoms with E-state index in [9.17, 15) is 9.59 Å². The van der Waals surface area contributed by atoms with E-state index in [1.807, 2.05) is 6.07 Å². The molecule has 1 aromatic heterocycles. The van der Waals surface area contributed by atoms with Crippen molar-refractivity contribution < 1.29 is 9.53 Å². The van der Waals surface area contributed by atoms with Crippen LogP contribution in [0.4, 0.5) is 11.5 Å². The van der Waals surface area contributed by atoms with Crippen molar-refractivity contribution in [1.82, 2.24) is 25.5 Å².